The molecule has 0 aliphatic heterocycles. The normalized spacial score (nSPS) is 25.1. The zero-order valence-electron chi connectivity index (χ0n) is 9.10. The van der Waals surface area contributed by atoms with Gasteiger partial charge in [0.15, 0.2) is 0 Å². The molecule has 0 aromatic heterocycles. The lowest BCUT2D eigenvalue weighted by Gasteiger charge is -2.08. The number of alkyl halides is 1. The number of rotatable bonds is 4. The molecule has 1 aromatic rings. The Balaban J connectivity index is 2.11. The number of halogens is 1. The molecule has 1 aliphatic rings. The van der Waals surface area contributed by atoms with Gasteiger partial charge in [-0.25, -0.2) is 0 Å². The van der Waals surface area contributed by atoms with Gasteiger partial charge in [0.1, 0.15) is 0 Å². The van der Waals surface area contributed by atoms with E-state index in [1.54, 1.807) is 12.1 Å². The van der Waals surface area contributed by atoms with Gasteiger partial charge in [-0.3, -0.25) is 10.1 Å². The van der Waals surface area contributed by atoms with Crippen LogP contribution in [0, 0.1) is 22.0 Å². The summed E-state index contributed by atoms with van der Waals surface area (Å²) in [6, 6.07) is 6.84. The molecule has 0 saturated heterocycles. The van der Waals surface area contributed by atoms with Gasteiger partial charge in [0.2, 0.25) is 0 Å². The van der Waals surface area contributed by atoms with Crippen LogP contribution in [-0.2, 0) is 6.42 Å². The number of benzene rings is 1. The first-order valence-electron chi connectivity index (χ1n) is 5.46. The Morgan fingerprint density at radius 1 is 1.56 bits per heavy atom. The molecule has 0 amide bonds. The van der Waals surface area contributed by atoms with Gasteiger partial charge < -0.3 is 0 Å². The minimum Gasteiger partial charge on any atom is -0.258 e. The molecule has 1 aliphatic carbocycles. The highest BCUT2D eigenvalue weighted by atomic mass is 35.5. The maximum atomic E-state index is 10.8. The molecule has 2 rings (SSSR count). The Kier molecular flexibility index (Phi) is 3.15. The summed E-state index contributed by atoms with van der Waals surface area (Å²) in [5, 5.41) is 10.8. The first-order valence-corrected chi connectivity index (χ1v) is 5.89. The van der Waals surface area contributed by atoms with Crippen molar-refractivity contribution in [2.24, 2.45) is 11.8 Å². The summed E-state index contributed by atoms with van der Waals surface area (Å²) in [5.74, 6) is 1.20. The second-order valence-corrected chi connectivity index (χ2v) is 5.04. The molecule has 0 spiro atoms. The van der Waals surface area contributed by atoms with E-state index in [-0.39, 0.29) is 16.0 Å². The highest BCUT2D eigenvalue weighted by molar-refractivity contribution is 6.21. The Morgan fingerprint density at radius 2 is 2.19 bits per heavy atom. The van der Waals surface area contributed by atoms with Crippen molar-refractivity contribution in [2.75, 3.05) is 0 Å². The van der Waals surface area contributed by atoms with Gasteiger partial charge in [-0.15, -0.1) is 11.6 Å². The minimum atomic E-state index is -0.338. The van der Waals surface area contributed by atoms with Crippen LogP contribution in [0.25, 0.3) is 0 Å². The van der Waals surface area contributed by atoms with E-state index < -0.39 is 0 Å². The third-order valence-electron chi connectivity index (χ3n) is 3.24. The summed E-state index contributed by atoms with van der Waals surface area (Å²) < 4.78 is 0. The van der Waals surface area contributed by atoms with Crippen LogP contribution in [0.15, 0.2) is 24.3 Å². The number of nitro benzene ring substituents is 1. The summed E-state index contributed by atoms with van der Waals surface area (Å²) >= 11 is 6.26. The van der Waals surface area contributed by atoms with Crippen LogP contribution in [0.2, 0.25) is 0 Å². The molecule has 86 valence electrons. The van der Waals surface area contributed by atoms with Gasteiger partial charge in [-0.1, -0.05) is 25.1 Å². The van der Waals surface area contributed by atoms with E-state index >= 15 is 0 Å². The van der Waals surface area contributed by atoms with E-state index in [4.69, 9.17) is 11.6 Å². The minimum absolute atomic E-state index is 0.0242. The van der Waals surface area contributed by atoms with Crippen molar-refractivity contribution >= 4 is 17.3 Å². The monoisotopic (exact) mass is 239 g/mol. The molecular weight excluding hydrogens is 226 g/mol. The maximum Gasteiger partial charge on any atom is 0.272 e. The topological polar surface area (TPSA) is 43.1 Å². The number of para-hydroxylation sites is 1. The van der Waals surface area contributed by atoms with Gasteiger partial charge >= 0.3 is 0 Å². The summed E-state index contributed by atoms with van der Waals surface area (Å²) in [4.78, 5) is 10.5. The van der Waals surface area contributed by atoms with Crippen LogP contribution in [0.5, 0.6) is 0 Å². The van der Waals surface area contributed by atoms with Gasteiger partial charge in [0.05, 0.1) is 4.92 Å². The molecule has 1 saturated carbocycles. The second-order valence-electron chi connectivity index (χ2n) is 4.48. The lowest BCUT2D eigenvalue weighted by molar-refractivity contribution is -0.385. The van der Waals surface area contributed by atoms with Crippen molar-refractivity contribution in [3.8, 4) is 0 Å². The first-order chi connectivity index (χ1) is 7.59. The number of hydrogen-bond acceptors (Lipinski definition) is 2. The Labute approximate surface area is 99.6 Å². The van der Waals surface area contributed by atoms with E-state index in [1.165, 1.54) is 6.07 Å². The third-order valence-corrected chi connectivity index (χ3v) is 3.72. The van der Waals surface area contributed by atoms with E-state index in [9.17, 15) is 10.1 Å². The molecule has 1 fully saturated rings. The van der Waals surface area contributed by atoms with Crippen molar-refractivity contribution < 1.29 is 4.92 Å². The molecule has 3 atom stereocenters. The predicted octanol–water partition coefficient (Wildman–Crippen LogP) is 3.40. The molecular formula is C12H14ClNO2. The quantitative estimate of drug-likeness (QED) is 0.459. The fraction of sp³-hybridized carbons (Fsp3) is 0.500. The van der Waals surface area contributed by atoms with Gasteiger partial charge in [0.25, 0.3) is 5.69 Å². The standard InChI is InChI=1S/C12H14ClNO2/c1-8-6-10(8)11(13)7-9-4-2-3-5-12(9)14(15)16/h2-5,8,10-11H,6-7H2,1H3. The molecule has 0 N–H and O–H groups in total. The van der Waals surface area contributed by atoms with Crippen LogP contribution in [0.1, 0.15) is 18.9 Å². The molecule has 0 bridgehead atoms. The highest BCUT2D eigenvalue weighted by Gasteiger charge is 2.38. The van der Waals surface area contributed by atoms with Gasteiger partial charge in [-0.05, 0) is 24.7 Å². The fourth-order valence-corrected chi connectivity index (χ4v) is 2.60. The Hall–Kier alpha value is -1.09. The van der Waals surface area contributed by atoms with E-state index in [0.717, 1.165) is 12.0 Å². The molecule has 16 heavy (non-hydrogen) atoms. The van der Waals surface area contributed by atoms with Crippen LogP contribution in [0.3, 0.4) is 0 Å². The smallest absolute Gasteiger partial charge is 0.258 e. The van der Waals surface area contributed by atoms with Crippen LogP contribution >= 0.6 is 11.6 Å². The van der Waals surface area contributed by atoms with Crippen molar-refractivity contribution in [3.63, 3.8) is 0 Å². The Morgan fingerprint density at radius 3 is 2.75 bits per heavy atom. The van der Waals surface area contributed by atoms with E-state index in [1.807, 2.05) is 6.07 Å². The number of nitro groups is 1. The third kappa shape index (κ3) is 2.35. The fourth-order valence-electron chi connectivity index (χ4n) is 2.08. The van der Waals surface area contributed by atoms with Crippen LogP contribution < -0.4 is 0 Å². The maximum absolute atomic E-state index is 10.8. The lowest BCUT2D eigenvalue weighted by atomic mass is 10.0. The van der Waals surface area contributed by atoms with E-state index in [0.29, 0.717) is 18.3 Å². The van der Waals surface area contributed by atoms with Crippen molar-refractivity contribution in [1.29, 1.82) is 0 Å². The number of hydrogen-bond donors (Lipinski definition) is 0. The predicted molar refractivity (Wildman–Crippen MR) is 63.7 cm³/mol. The van der Waals surface area contributed by atoms with Crippen molar-refractivity contribution in [1.82, 2.24) is 0 Å². The summed E-state index contributed by atoms with van der Waals surface area (Å²) in [6.45, 7) is 2.17. The summed E-state index contributed by atoms with van der Waals surface area (Å²) in [7, 11) is 0. The summed E-state index contributed by atoms with van der Waals surface area (Å²) in [5.41, 5.74) is 0.924. The van der Waals surface area contributed by atoms with Crippen molar-refractivity contribution in [3.05, 3.63) is 39.9 Å². The average Bonchev–Trinajstić information content (AvgIpc) is 2.96. The van der Waals surface area contributed by atoms with Gasteiger partial charge in [-0.2, -0.15) is 0 Å². The van der Waals surface area contributed by atoms with Crippen LogP contribution in [-0.4, -0.2) is 10.3 Å². The average molecular weight is 240 g/mol. The largest absolute Gasteiger partial charge is 0.272 e. The molecule has 0 radical (unpaired) electrons. The van der Waals surface area contributed by atoms with Crippen molar-refractivity contribution in [2.45, 2.75) is 25.1 Å². The van der Waals surface area contributed by atoms with Crippen LogP contribution in [0.4, 0.5) is 5.69 Å². The number of nitrogens with zero attached hydrogens (tertiary/aromatic N) is 1. The first kappa shape index (κ1) is 11.4. The molecule has 3 nitrogen and oxygen atoms in total. The molecule has 0 heterocycles. The van der Waals surface area contributed by atoms with Gasteiger partial charge in [0, 0.05) is 17.0 Å². The second kappa shape index (κ2) is 4.42. The molecule has 4 heteroatoms. The molecule has 3 unspecified atom stereocenters. The van der Waals surface area contributed by atoms with E-state index in [2.05, 4.69) is 6.92 Å². The highest BCUT2D eigenvalue weighted by Crippen LogP contribution is 2.44. The zero-order chi connectivity index (χ0) is 11.7. The SMILES string of the molecule is CC1CC1C(Cl)Cc1ccccc1[N+](=O)[O-]. The zero-order valence-corrected chi connectivity index (χ0v) is 9.85. The molecule has 1 aromatic carbocycles. The Bertz CT molecular complexity index is 408. The summed E-state index contributed by atoms with van der Waals surface area (Å²) in [6.07, 6.45) is 1.74. The lowest BCUT2D eigenvalue weighted by Crippen LogP contribution is -2.08.